The molecule has 0 saturated heterocycles. The number of carbonyl (C=O) groups is 1. The Morgan fingerprint density at radius 3 is 2.67 bits per heavy atom. The number of carbonyl (C=O) groups excluding carboxylic acids is 1. The fourth-order valence-electron chi connectivity index (χ4n) is 2.83. The van der Waals surface area contributed by atoms with Gasteiger partial charge in [0.2, 0.25) is 17.8 Å². The van der Waals surface area contributed by atoms with Gasteiger partial charge in [0.15, 0.2) is 5.16 Å². The Hall–Kier alpha value is -3.28. The topological polar surface area (TPSA) is 151 Å². The Morgan fingerprint density at radius 1 is 1.20 bits per heavy atom. The summed E-state index contributed by atoms with van der Waals surface area (Å²) in [6.07, 6.45) is 2.36. The number of rotatable bonds is 9. The van der Waals surface area contributed by atoms with Crippen LogP contribution in [0, 0.1) is 5.82 Å². The Morgan fingerprint density at radius 2 is 1.97 bits per heavy atom. The summed E-state index contributed by atoms with van der Waals surface area (Å²) in [4.78, 5) is 23.8. The van der Waals surface area contributed by atoms with Gasteiger partial charge in [0, 0.05) is 24.6 Å². The molecule has 2 aromatic heterocycles. The van der Waals surface area contributed by atoms with Crippen LogP contribution in [0.15, 0.2) is 29.4 Å². The highest BCUT2D eigenvalue weighted by Crippen LogP contribution is 2.40. The molecule has 30 heavy (non-hydrogen) atoms. The second kappa shape index (κ2) is 8.61. The lowest BCUT2D eigenvalue weighted by atomic mass is 10.3. The zero-order valence-electron chi connectivity index (χ0n) is 16.0. The van der Waals surface area contributed by atoms with Crippen molar-refractivity contribution in [3.05, 3.63) is 41.7 Å². The lowest BCUT2D eigenvalue weighted by molar-refractivity contribution is -0.118. The van der Waals surface area contributed by atoms with E-state index in [9.17, 15) is 9.18 Å². The molecule has 0 bridgehead atoms. The monoisotopic (exact) mass is 429 g/mol. The fourth-order valence-corrected chi connectivity index (χ4v) is 3.66. The van der Waals surface area contributed by atoms with Gasteiger partial charge in [0.05, 0.1) is 5.75 Å². The predicted octanol–water partition coefficient (Wildman–Crippen LogP) is 1.97. The molecule has 0 unspecified atom stereocenters. The van der Waals surface area contributed by atoms with Gasteiger partial charge in [-0.05, 0) is 37.1 Å². The van der Waals surface area contributed by atoms with E-state index in [1.54, 1.807) is 12.1 Å². The summed E-state index contributed by atoms with van der Waals surface area (Å²) in [5.74, 6) is 1.73. The van der Waals surface area contributed by atoms with Gasteiger partial charge in [-0.25, -0.2) is 4.39 Å². The molecule has 0 spiro atoms. The molecule has 1 aromatic carbocycles. The van der Waals surface area contributed by atoms with Crippen LogP contribution in [0.1, 0.15) is 36.8 Å². The minimum Gasteiger partial charge on any atom is -0.370 e. The van der Waals surface area contributed by atoms with E-state index in [4.69, 9.17) is 11.5 Å². The number of thioether (sulfide) groups is 1. The van der Waals surface area contributed by atoms with Crippen molar-refractivity contribution >= 4 is 35.3 Å². The van der Waals surface area contributed by atoms with E-state index in [0.29, 0.717) is 34.9 Å². The van der Waals surface area contributed by atoms with Crippen molar-refractivity contribution in [1.29, 1.82) is 0 Å². The van der Waals surface area contributed by atoms with Gasteiger partial charge >= 0.3 is 0 Å². The third-order valence-corrected chi connectivity index (χ3v) is 5.36. The van der Waals surface area contributed by atoms with E-state index in [2.05, 4.69) is 30.5 Å². The van der Waals surface area contributed by atoms with Crippen LogP contribution in [0.4, 0.5) is 22.0 Å². The van der Waals surface area contributed by atoms with Crippen LogP contribution in [0.2, 0.25) is 0 Å². The van der Waals surface area contributed by atoms with Crippen molar-refractivity contribution in [3.8, 4) is 0 Å². The molecule has 1 aliphatic rings. The maximum Gasteiger partial charge on any atom is 0.232 e. The molecule has 12 heteroatoms. The second-order valence-electron chi connectivity index (χ2n) is 6.84. The Labute approximate surface area is 175 Å². The molecule has 1 fully saturated rings. The zero-order valence-corrected chi connectivity index (χ0v) is 16.8. The van der Waals surface area contributed by atoms with Gasteiger partial charge in [0.25, 0.3) is 0 Å². The first-order valence-electron chi connectivity index (χ1n) is 9.35. The van der Waals surface area contributed by atoms with Crippen molar-refractivity contribution in [2.45, 2.75) is 42.6 Å². The van der Waals surface area contributed by atoms with Crippen LogP contribution in [0.3, 0.4) is 0 Å². The molecule has 4 rings (SSSR count). The molecule has 10 nitrogen and oxygen atoms in total. The number of anilines is 3. The normalized spacial score (nSPS) is 13.4. The van der Waals surface area contributed by atoms with Crippen LogP contribution in [0.5, 0.6) is 0 Å². The minimum absolute atomic E-state index is 0.0686. The summed E-state index contributed by atoms with van der Waals surface area (Å²) in [5, 5.41) is 12.2. The number of benzene rings is 1. The molecule has 0 atom stereocenters. The van der Waals surface area contributed by atoms with Crippen LogP contribution >= 0.6 is 11.8 Å². The summed E-state index contributed by atoms with van der Waals surface area (Å²) >= 11 is 1.40. The standard InChI is InChI=1S/C18H20FN9OS/c19-11-3-5-12(6-4-11)22-17-24-14(23-16(21)25-17)9-30-18-27-26-15(10-1-2-10)28(18)8-7-13(20)29/h3-6,10H,1-2,7-9H2,(H2,20,29)(H3,21,22,23,24,25). The summed E-state index contributed by atoms with van der Waals surface area (Å²) in [6, 6.07) is 5.81. The highest BCUT2D eigenvalue weighted by atomic mass is 32.2. The number of nitrogens with one attached hydrogen (secondary N) is 1. The number of nitrogen functional groups attached to an aromatic ring is 1. The Kier molecular flexibility index (Phi) is 5.74. The van der Waals surface area contributed by atoms with E-state index in [-0.39, 0.29) is 30.0 Å². The number of hydrogen-bond acceptors (Lipinski definition) is 9. The van der Waals surface area contributed by atoms with E-state index in [0.717, 1.165) is 18.7 Å². The zero-order chi connectivity index (χ0) is 21.1. The van der Waals surface area contributed by atoms with E-state index in [1.165, 1.54) is 23.9 Å². The van der Waals surface area contributed by atoms with Crippen LogP contribution < -0.4 is 16.8 Å². The van der Waals surface area contributed by atoms with Crippen molar-refractivity contribution < 1.29 is 9.18 Å². The number of nitrogens with two attached hydrogens (primary N) is 2. The highest BCUT2D eigenvalue weighted by molar-refractivity contribution is 7.98. The van der Waals surface area contributed by atoms with Crippen molar-refractivity contribution in [2.24, 2.45) is 5.73 Å². The maximum absolute atomic E-state index is 13.1. The largest absolute Gasteiger partial charge is 0.370 e. The number of aromatic nitrogens is 6. The Balaban J connectivity index is 1.47. The average molecular weight is 429 g/mol. The van der Waals surface area contributed by atoms with Gasteiger partial charge in [-0.1, -0.05) is 11.8 Å². The van der Waals surface area contributed by atoms with Gasteiger partial charge in [0.1, 0.15) is 17.5 Å². The van der Waals surface area contributed by atoms with Crippen molar-refractivity contribution in [3.63, 3.8) is 0 Å². The second-order valence-corrected chi connectivity index (χ2v) is 7.78. The number of amides is 1. The first-order chi connectivity index (χ1) is 14.5. The van der Waals surface area contributed by atoms with E-state index < -0.39 is 0 Å². The van der Waals surface area contributed by atoms with Gasteiger partial charge in [-0.3, -0.25) is 4.79 Å². The first-order valence-corrected chi connectivity index (χ1v) is 10.3. The quantitative estimate of drug-likeness (QED) is 0.434. The summed E-state index contributed by atoms with van der Waals surface area (Å²) in [5.41, 5.74) is 11.7. The maximum atomic E-state index is 13.1. The average Bonchev–Trinajstić information content (AvgIpc) is 3.46. The van der Waals surface area contributed by atoms with E-state index >= 15 is 0 Å². The summed E-state index contributed by atoms with van der Waals surface area (Å²) < 4.78 is 15.0. The lowest BCUT2D eigenvalue weighted by Crippen LogP contribution is -2.15. The van der Waals surface area contributed by atoms with Gasteiger partial charge in [-0.15, -0.1) is 10.2 Å². The molecule has 1 amide bonds. The number of halogens is 1. The Bertz CT molecular complexity index is 1050. The van der Waals surface area contributed by atoms with Crippen molar-refractivity contribution in [1.82, 2.24) is 29.7 Å². The third-order valence-electron chi connectivity index (χ3n) is 4.40. The predicted molar refractivity (Wildman–Crippen MR) is 109 cm³/mol. The molecule has 156 valence electrons. The van der Waals surface area contributed by atoms with Crippen LogP contribution in [-0.2, 0) is 17.1 Å². The van der Waals surface area contributed by atoms with Crippen molar-refractivity contribution in [2.75, 3.05) is 11.1 Å². The molecular formula is C18H20FN9OS. The first kappa shape index (κ1) is 20.0. The minimum atomic E-state index is -0.372. The molecule has 1 saturated carbocycles. The number of nitrogens with zero attached hydrogens (tertiary/aromatic N) is 6. The molecule has 0 aliphatic heterocycles. The molecule has 5 N–H and O–H groups in total. The number of primary amides is 1. The fraction of sp³-hybridized carbons (Fsp3) is 0.333. The third kappa shape index (κ3) is 5.00. The van der Waals surface area contributed by atoms with Gasteiger partial charge < -0.3 is 21.4 Å². The molecule has 1 aliphatic carbocycles. The summed E-state index contributed by atoms with van der Waals surface area (Å²) in [7, 11) is 0. The lowest BCUT2D eigenvalue weighted by Gasteiger charge is -2.09. The highest BCUT2D eigenvalue weighted by Gasteiger charge is 2.30. The van der Waals surface area contributed by atoms with Crippen LogP contribution in [0.25, 0.3) is 0 Å². The SMILES string of the molecule is NC(=O)CCn1c(SCc2nc(N)nc(Nc3ccc(F)cc3)n2)nnc1C1CC1. The molecular weight excluding hydrogens is 409 g/mol. The molecule has 0 radical (unpaired) electrons. The van der Waals surface area contributed by atoms with Gasteiger partial charge in [-0.2, -0.15) is 15.0 Å². The summed E-state index contributed by atoms with van der Waals surface area (Å²) in [6.45, 7) is 0.438. The molecule has 3 aromatic rings. The van der Waals surface area contributed by atoms with E-state index in [1.807, 2.05) is 4.57 Å². The smallest absolute Gasteiger partial charge is 0.232 e. The molecule has 2 heterocycles. The van der Waals surface area contributed by atoms with Crippen LogP contribution in [-0.4, -0.2) is 35.6 Å². The number of hydrogen-bond donors (Lipinski definition) is 3.